The number of hydrogen-bond acceptors (Lipinski definition) is 5. The van der Waals surface area contributed by atoms with Crippen LogP contribution in [-0.4, -0.2) is 26.2 Å². The number of ether oxygens (including phenoxy) is 1. The third kappa shape index (κ3) is 3.84. The summed E-state index contributed by atoms with van der Waals surface area (Å²) in [5.41, 5.74) is 3.44. The molecule has 154 valence electrons. The van der Waals surface area contributed by atoms with Crippen molar-refractivity contribution in [1.82, 2.24) is 5.32 Å². The summed E-state index contributed by atoms with van der Waals surface area (Å²) in [7, 11) is 1.56. The number of aryl methyl sites for hydroxylation is 1. The standard InChI is InChI=1S/C23H20ClNO5/c1-13-16-9-18-19(14-3-5-15(24)6-4-14)12-29-20(18)11-21(16)30-23(27)17(13)10-22(26)25-7-8-28-2/h3-6,9,11-12H,7-8,10H2,1-2H3,(H,25,26). The second kappa shape index (κ2) is 8.34. The van der Waals surface area contributed by atoms with Crippen LogP contribution in [0.15, 0.2) is 56.3 Å². The summed E-state index contributed by atoms with van der Waals surface area (Å²) >= 11 is 6.00. The van der Waals surface area contributed by atoms with Crippen LogP contribution in [0, 0.1) is 6.92 Å². The number of nitrogens with one attached hydrogen (secondary N) is 1. The Bertz CT molecular complexity index is 1290. The molecule has 1 amide bonds. The molecule has 0 aliphatic carbocycles. The second-order valence-corrected chi connectivity index (χ2v) is 7.45. The molecule has 4 aromatic rings. The van der Waals surface area contributed by atoms with Gasteiger partial charge < -0.3 is 18.9 Å². The van der Waals surface area contributed by atoms with Gasteiger partial charge in [0.05, 0.1) is 24.9 Å². The van der Waals surface area contributed by atoms with Crippen molar-refractivity contribution in [3.05, 3.63) is 69.2 Å². The van der Waals surface area contributed by atoms with E-state index in [-0.39, 0.29) is 12.3 Å². The molecule has 0 bridgehead atoms. The SMILES string of the molecule is COCCNC(=O)Cc1c(C)c2cc3c(-c4ccc(Cl)cc4)coc3cc2oc1=O. The lowest BCUT2D eigenvalue weighted by molar-refractivity contribution is -0.120. The molecule has 2 heterocycles. The van der Waals surface area contributed by atoms with E-state index in [1.807, 2.05) is 37.3 Å². The maximum Gasteiger partial charge on any atom is 0.340 e. The van der Waals surface area contributed by atoms with Crippen molar-refractivity contribution >= 4 is 39.4 Å². The van der Waals surface area contributed by atoms with Gasteiger partial charge >= 0.3 is 5.63 Å². The Kier molecular flexibility index (Phi) is 5.61. The first kappa shape index (κ1) is 20.2. The largest absolute Gasteiger partial charge is 0.464 e. The number of hydrogen-bond donors (Lipinski definition) is 1. The van der Waals surface area contributed by atoms with Crippen molar-refractivity contribution in [3.63, 3.8) is 0 Å². The summed E-state index contributed by atoms with van der Waals surface area (Å²) in [6.45, 7) is 2.61. The molecular weight excluding hydrogens is 406 g/mol. The van der Waals surface area contributed by atoms with Gasteiger partial charge in [-0.15, -0.1) is 0 Å². The van der Waals surface area contributed by atoms with E-state index >= 15 is 0 Å². The van der Waals surface area contributed by atoms with Gasteiger partial charge in [0.1, 0.15) is 11.2 Å². The maximum absolute atomic E-state index is 12.5. The average Bonchev–Trinajstić information content (AvgIpc) is 3.13. The second-order valence-electron chi connectivity index (χ2n) is 7.01. The topological polar surface area (TPSA) is 81.7 Å². The zero-order chi connectivity index (χ0) is 21.3. The third-order valence-electron chi connectivity index (χ3n) is 5.10. The number of halogens is 1. The minimum Gasteiger partial charge on any atom is -0.464 e. The highest BCUT2D eigenvalue weighted by Crippen LogP contribution is 2.35. The van der Waals surface area contributed by atoms with E-state index in [1.165, 1.54) is 0 Å². The summed E-state index contributed by atoms with van der Waals surface area (Å²) in [4.78, 5) is 24.7. The fourth-order valence-corrected chi connectivity index (χ4v) is 3.61. The van der Waals surface area contributed by atoms with E-state index in [4.69, 9.17) is 25.2 Å². The van der Waals surface area contributed by atoms with E-state index in [2.05, 4.69) is 5.32 Å². The first-order chi connectivity index (χ1) is 14.5. The Hall–Kier alpha value is -3.09. The smallest absolute Gasteiger partial charge is 0.340 e. The molecule has 4 rings (SSSR count). The van der Waals surface area contributed by atoms with Gasteiger partial charge in [-0.1, -0.05) is 23.7 Å². The van der Waals surface area contributed by atoms with Crippen LogP contribution >= 0.6 is 11.6 Å². The number of carbonyl (C=O) groups is 1. The summed E-state index contributed by atoms with van der Waals surface area (Å²) in [6.07, 6.45) is 1.62. The molecule has 0 spiro atoms. The van der Waals surface area contributed by atoms with Gasteiger partial charge in [-0.05, 0) is 36.2 Å². The number of rotatable bonds is 6. The molecule has 0 atom stereocenters. The quantitative estimate of drug-likeness (QED) is 0.364. The zero-order valence-corrected chi connectivity index (χ0v) is 17.3. The Labute approximate surface area is 177 Å². The Balaban J connectivity index is 1.78. The van der Waals surface area contributed by atoms with Crippen LogP contribution in [0.25, 0.3) is 33.1 Å². The van der Waals surface area contributed by atoms with Crippen molar-refractivity contribution in [3.8, 4) is 11.1 Å². The molecule has 0 aliphatic heterocycles. The van der Waals surface area contributed by atoms with Crippen molar-refractivity contribution in [2.24, 2.45) is 0 Å². The molecule has 0 aliphatic rings. The van der Waals surface area contributed by atoms with Crippen molar-refractivity contribution in [2.45, 2.75) is 13.3 Å². The lowest BCUT2D eigenvalue weighted by Gasteiger charge is -2.09. The number of benzene rings is 2. The van der Waals surface area contributed by atoms with E-state index in [9.17, 15) is 9.59 Å². The fraction of sp³-hybridized carbons (Fsp3) is 0.217. The average molecular weight is 426 g/mol. The van der Waals surface area contributed by atoms with Gasteiger partial charge in [-0.3, -0.25) is 4.79 Å². The summed E-state index contributed by atoms with van der Waals surface area (Å²) in [6, 6.07) is 11.1. The van der Waals surface area contributed by atoms with Crippen LogP contribution in [0.3, 0.4) is 0 Å². The number of methoxy groups -OCH3 is 1. The number of amides is 1. The lowest BCUT2D eigenvalue weighted by Crippen LogP contribution is -2.30. The molecule has 0 radical (unpaired) electrons. The molecule has 0 fully saturated rings. The maximum atomic E-state index is 12.5. The highest BCUT2D eigenvalue weighted by Gasteiger charge is 2.17. The monoisotopic (exact) mass is 425 g/mol. The van der Waals surface area contributed by atoms with Crippen LogP contribution in [0.1, 0.15) is 11.1 Å². The Morgan fingerprint density at radius 1 is 1.13 bits per heavy atom. The van der Waals surface area contributed by atoms with Gasteiger partial charge in [0, 0.05) is 41.1 Å². The summed E-state index contributed by atoms with van der Waals surface area (Å²) in [5, 5.41) is 5.03. The molecular formula is C23H20ClNO5. The molecule has 2 aromatic carbocycles. The normalized spacial score (nSPS) is 11.3. The number of fused-ring (bicyclic) bond motifs is 2. The van der Waals surface area contributed by atoms with Crippen LogP contribution in [0.4, 0.5) is 0 Å². The molecule has 0 saturated heterocycles. The van der Waals surface area contributed by atoms with Crippen molar-refractivity contribution in [1.29, 1.82) is 0 Å². The molecule has 2 aromatic heterocycles. The highest BCUT2D eigenvalue weighted by atomic mass is 35.5. The molecule has 6 nitrogen and oxygen atoms in total. The molecule has 1 N–H and O–H groups in total. The zero-order valence-electron chi connectivity index (χ0n) is 16.6. The molecule has 0 saturated carbocycles. The molecule has 7 heteroatoms. The van der Waals surface area contributed by atoms with Crippen LogP contribution < -0.4 is 10.9 Å². The summed E-state index contributed by atoms with van der Waals surface area (Å²) < 4.78 is 16.1. The predicted octanol–water partition coefficient (Wildman–Crippen LogP) is 4.47. The highest BCUT2D eigenvalue weighted by molar-refractivity contribution is 6.30. The van der Waals surface area contributed by atoms with Crippen LogP contribution in [0.5, 0.6) is 0 Å². The fourth-order valence-electron chi connectivity index (χ4n) is 3.48. The van der Waals surface area contributed by atoms with Gasteiger partial charge in [-0.25, -0.2) is 4.79 Å². The van der Waals surface area contributed by atoms with E-state index in [0.717, 1.165) is 21.9 Å². The van der Waals surface area contributed by atoms with Crippen molar-refractivity contribution in [2.75, 3.05) is 20.3 Å². The minimum atomic E-state index is -0.522. The summed E-state index contributed by atoms with van der Waals surface area (Å²) in [5.74, 6) is -0.256. The van der Waals surface area contributed by atoms with Gasteiger partial charge in [0.2, 0.25) is 5.91 Å². The predicted molar refractivity (Wildman–Crippen MR) is 116 cm³/mol. The number of carbonyl (C=O) groups excluding carboxylic acids is 1. The van der Waals surface area contributed by atoms with Crippen molar-refractivity contribution < 1.29 is 18.4 Å². The van der Waals surface area contributed by atoms with Crippen LogP contribution in [0.2, 0.25) is 5.02 Å². The van der Waals surface area contributed by atoms with Gasteiger partial charge in [0.15, 0.2) is 0 Å². The third-order valence-corrected chi connectivity index (χ3v) is 5.35. The first-order valence-corrected chi connectivity index (χ1v) is 9.85. The number of furan rings is 1. The lowest BCUT2D eigenvalue weighted by atomic mass is 9.99. The Morgan fingerprint density at radius 3 is 2.63 bits per heavy atom. The minimum absolute atomic E-state index is 0.0543. The van der Waals surface area contributed by atoms with Gasteiger partial charge in [0.25, 0.3) is 0 Å². The van der Waals surface area contributed by atoms with Gasteiger partial charge in [-0.2, -0.15) is 0 Å². The van der Waals surface area contributed by atoms with Crippen LogP contribution in [-0.2, 0) is 16.0 Å². The Morgan fingerprint density at radius 2 is 1.90 bits per heavy atom. The van der Waals surface area contributed by atoms with E-state index in [1.54, 1.807) is 19.4 Å². The van der Waals surface area contributed by atoms with E-state index < -0.39 is 5.63 Å². The molecule has 0 unspecified atom stereocenters. The van der Waals surface area contributed by atoms with E-state index in [0.29, 0.717) is 40.5 Å². The molecule has 30 heavy (non-hydrogen) atoms. The first-order valence-electron chi connectivity index (χ1n) is 9.47.